The first-order valence-corrected chi connectivity index (χ1v) is 15.4. The number of carboxylic acid groups (broad SMARTS) is 1. The van der Waals surface area contributed by atoms with E-state index in [4.69, 9.17) is 9.84 Å². The highest BCUT2D eigenvalue weighted by molar-refractivity contribution is 5.99. The van der Waals surface area contributed by atoms with Gasteiger partial charge < -0.3 is 30.3 Å². The number of hydrogen-bond acceptors (Lipinski definition) is 8. The van der Waals surface area contributed by atoms with Crippen molar-refractivity contribution in [3.8, 4) is 0 Å². The van der Waals surface area contributed by atoms with E-state index in [9.17, 15) is 34.8 Å². The number of allylic oxidation sites excluding steroid dienone is 4. The summed E-state index contributed by atoms with van der Waals surface area (Å²) in [6.07, 6.45) is 9.68. The number of carbonyl (C=O) groups is 3. The van der Waals surface area contributed by atoms with Crippen molar-refractivity contribution in [1.82, 2.24) is 0 Å². The number of aliphatic hydroxyl groups is 4. The Labute approximate surface area is 252 Å². The average molecular weight is 597 g/mol. The number of esters is 1. The van der Waals surface area contributed by atoms with Crippen LogP contribution in [0.5, 0.6) is 0 Å². The molecule has 242 valence electrons. The van der Waals surface area contributed by atoms with Crippen molar-refractivity contribution in [3.05, 3.63) is 34.9 Å². The van der Waals surface area contributed by atoms with Crippen molar-refractivity contribution < 1.29 is 44.7 Å². The van der Waals surface area contributed by atoms with Gasteiger partial charge in [-0.3, -0.25) is 4.79 Å². The van der Waals surface area contributed by atoms with Crippen LogP contribution in [0.2, 0.25) is 0 Å². The summed E-state index contributed by atoms with van der Waals surface area (Å²) in [5.41, 5.74) is 1.33. The molecule has 0 fully saturated rings. The minimum atomic E-state index is -2.24. The van der Waals surface area contributed by atoms with Crippen molar-refractivity contribution in [2.75, 3.05) is 6.61 Å². The number of hydrogen-bond donors (Lipinski definition) is 5. The molecule has 0 aromatic carbocycles. The van der Waals surface area contributed by atoms with E-state index in [2.05, 4.69) is 13.8 Å². The van der Waals surface area contributed by atoms with Gasteiger partial charge in [-0.1, -0.05) is 103 Å². The molecule has 0 aliphatic rings. The largest absolute Gasteiger partial charge is 0.479 e. The summed E-state index contributed by atoms with van der Waals surface area (Å²) in [7, 11) is 0. The molecule has 0 rings (SSSR count). The molecule has 0 unspecified atom stereocenters. The summed E-state index contributed by atoms with van der Waals surface area (Å²) in [4.78, 5) is 36.2. The molecule has 0 aliphatic heterocycles. The normalized spacial score (nSPS) is 18.0. The van der Waals surface area contributed by atoms with Crippen LogP contribution in [0, 0.1) is 17.8 Å². The van der Waals surface area contributed by atoms with Gasteiger partial charge in [0.05, 0.1) is 12.7 Å². The smallest absolute Gasteiger partial charge is 0.335 e. The Morgan fingerprint density at radius 1 is 0.786 bits per heavy atom. The van der Waals surface area contributed by atoms with Crippen LogP contribution in [0.4, 0.5) is 0 Å². The van der Waals surface area contributed by atoms with Crippen LogP contribution in [0.3, 0.4) is 0 Å². The fourth-order valence-corrected chi connectivity index (χ4v) is 4.94. The van der Waals surface area contributed by atoms with Crippen LogP contribution in [-0.2, 0) is 19.1 Å². The molecule has 9 heteroatoms. The van der Waals surface area contributed by atoms with Crippen LogP contribution in [0.1, 0.15) is 106 Å². The topological polar surface area (TPSA) is 162 Å². The van der Waals surface area contributed by atoms with E-state index in [1.54, 1.807) is 19.9 Å². The second-order valence-corrected chi connectivity index (χ2v) is 11.7. The molecule has 0 amide bonds. The quantitative estimate of drug-likeness (QED) is 0.0506. The van der Waals surface area contributed by atoms with Crippen LogP contribution in [-0.4, -0.2) is 74.3 Å². The zero-order valence-corrected chi connectivity index (χ0v) is 26.7. The van der Waals surface area contributed by atoms with Gasteiger partial charge in [0.15, 0.2) is 18.0 Å². The number of aliphatic carboxylic acids is 1. The highest BCUT2D eigenvalue weighted by atomic mass is 16.6. The predicted octanol–water partition coefficient (Wildman–Crippen LogP) is 4.90. The second kappa shape index (κ2) is 21.4. The number of carboxylic acids is 1. The SMILES string of the molecule is CCCCCCCCCC[C@H](C)[C@@H](O)[C@@H](C)/C=C(C)/C=C(\C)C(=O)[C@H](C)/C=C(\C)C(=O)O[C@H](CO)[C@@H](O)[C@H](O)C(=O)O. The maximum absolute atomic E-state index is 12.9. The molecule has 0 saturated heterocycles. The van der Waals surface area contributed by atoms with Gasteiger partial charge in [0.2, 0.25) is 0 Å². The molecule has 0 bridgehead atoms. The van der Waals surface area contributed by atoms with Gasteiger partial charge in [-0.15, -0.1) is 0 Å². The van der Waals surface area contributed by atoms with Crippen molar-refractivity contribution in [1.29, 1.82) is 0 Å². The first-order chi connectivity index (χ1) is 19.7. The molecule has 7 atom stereocenters. The van der Waals surface area contributed by atoms with Crippen LogP contribution >= 0.6 is 0 Å². The number of Topliss-reactive ketones (excluding diaryl/α,β-unsaturated/α-hetero) is 1. The first-order valence-electron chi connectivity index (χ1n) is 15.4. The Morgan fingerprint density at radius 3 is 1.86 bits per heavy atom. The molecule has 9 nitrogen and oxygen atoms in total. The third kappa shape index (κ3) is 15.2. The summed E-state index contributed by atoms with van der Waals surface area (Å²) in [6, 6.07) is 0. The van der Waals surface area contributed by atoms with Gasteiger partial charge in [0.1, 0.15) is 6.10 Å². The summed E-state index contributed by atoms with van der Waals surface area (Å²) in [5.74, 6) is -3.54. The average Bonchev–Trinajstić information content (AvgIpc) is 2.94. The third-order valence-electron chi connectivity index (χ3n) is 7.62. The lowest BCUT2D eigenvalue weighted by Crippen LogP contribution is -2.46. The second-order valence-electron chi connectivity index (χ2n) is 11.7. The molecule has 0 aromatic rings. The Kier molecular flexibility index (Phi) is 20.2. The van der Waals surface area contributed by atoms with E-state index >= 15 is 0 Å². The monoisotopic (exact) mass is 596 g/mol. The van der Waals surface area contributed by atoms with Gasteiger partial charge in [0, 0.05) is 17.4 Å². The lowest BCUT2D eigenvalue weighted by Gasteiger charge is -2.23. The minimum absolute atomic E-state index is 0.0219. The predicted molar refractivity (Wildman–Crippen MR) is 164 cm³/mol. The molecule has 0 spiro atoms. The molecular weight excluding hydrogens is 540 g/mol. The minimum Gasteiger partial charge on any atom is -0.479 e. The number of unbranched alkanes of at least 4 members (excludes halogenated alkanes) is 7. The summed E-state index contributed by atoms with van der Waals surface area (Å²) < 4.78 is 4.95. The van der Waals surface area contributed by atoms with Gasteiger partial charge >= 0.3 is 11.9 Å². The Balaban J connectivity index is 5.02. The van der Waals surface area contributed by atoms with Crippen molar-refractivity contribution >= 4 is 17.7 Å². The van der Waals surface area contributed by atoms with E-state index in [-0.39, 0.29) is 23.2 Å². The van der Waals surface area contributed by atoms with Crippen LogP contribution in [0.25, 0.3) is 0 Å². The Hall–Kier alpha value is -2.33. The van der Waals surface area contributed by atoms with E-state index in [1.807, 2.05) is 19.9 Å². The lowest BCUT2D eigenvalue weighted by molar-refractivity contribution is -0.171. The summed E-state index contributed by atoms with van der Waals surface area (Å²) in [6.45, 7) is 11.9. The van der Waals surface area contributed by atoms with Gasteiger partial charge in [-0.2, -0.15) is 0 Å². The van der Waals surface area contributed by atoms with E-state index in [1.165, 1.54) is 57.9 Å². The fourth-order valence-electron chi connectivity index (χ4n) is 4.94. The highest BCUT2D eigenvalue weighted by Gasteiger charge is 2.34. The Morgan fingerprint density at radius 2 is 1.33 bits per heavy atom. The standard InChI is InChI=1S/C33H56O9/c1-8-9-10-11-12-13-14-15-16-22(3)28(35)23(4)17-21(2)18-24(5)29(36)25(6)19-26(7)33(41)42-27(20-34)30(37)31(38)32(39)40/h17-19,22-23,25,27-28,30-31,34-35,37-38H,8-16,20H2,1-7H3,(H,39,40)/b21-17+,24-18+,26-19+/t22-,23-,25+,27+,28+,30+,31-/m0/s1. The summed E-state index contributed by atoms with van der Waals surface area (Å²) >= 11 is 0. The highest BCUT2D eigenvalue weighted by Crippen LogP contribution is 2.23. The maximum Gasteiger partial charge on any atom is 0.335 e. The van der Waals surface area contributed by atoms with Crippen LogP contribution in [0.15, 0.2) is 34.9 Å². The fraction of sp³-hybridized carbons (Fsp3) is 0.727. The van der Waals surface area contributed by atoms with E-state index in [0.717, 1.165) is 18.4 Å². The molecular formula is C33H56O9. The van der Waals surface area contributed by atoms with Crippen LogP contribution < -0.4 is 0 Å². The Bertz CT molecular complexity index is 920. The van der Waals surface area contributed by atoms with E-state index in [0.29, 0.717) is 5.57 Å². The number of aliphatic hydroxyl groups excluding tert-OH is 4. The van der Waals surface area contributed by atoms with Gasteiger partial charge in [-0.05, 0) is 38.7 Å². The number of ether oxygens (including phenoxy) is 1. The zero-order chi connectivity index (χ0) is 32.4. The molecule has 0 aliphatic carbocycles. The van der Waals surface area contributed by atoms with Crippen molar-refractivity contribution in [2.45, 2.75) is 131 Å². The molecule has 0 heterocycles. The summed E-state index contributed by atoms with van der Waals surface area (Å²) in [5, 5.41) is 48.3. The molecule has 42 heavy (non-hydrogen) atoms. The van der Waals surface area contributed by atoms with Crippen molar-refractivity contribution in [2.24, 2.45) is 17.8 Å². The zero-order valence-electron chi connectivity index (χ0n) is 26.7. The molecule has 0 aromatic heterocycles. The maximum atomic E-state index is 12.9. The number of rotatable bonds is 22. The molecule has 0 radical (unpaired) electrons. The number of carbonyl (C=O) groups excluding carboxylic acids is 2. The van der Waals surface area contributed by atoms with E-state index < -0.39 is 48.9 Å². The lowest BCUT2D eigenvalue weighted by atomic mass is 9.88. The number of ketones is 1. The van der Waals surface area contributed by atoms with Gasteiger partial charge in [0.25, 0.3) is 0 Å². The molecule has 5 N–H and O–H groups in total. The molecule has 0 saturated carbocycles. The third-order valence-corrected chi connectivity index (χ3v) is 7.62. The van der Waals surface area contributed by atoms with Gasteiger partial charge in [-0.25, -0.2) is 9.59 Å². The first kappa shape index (κ1) is 39.7. The van der Waals surface area contributed by atoms with Crippen molar-refractivity contribution in [3.63, 3.8) is 0 Å².